The summed E-state index contributed by atoms with van der Waals surface area (Å²) in [6, 6.07) is 8.32. The van der Waals surface area contributed by atoms with Crippen molar-refractivity contribution >= 4 is 5.97 Å². The van der Waals surface area contributed by atoms with Crippen molar-refractivity contribution < 1.29 is 31.5 Å². The van der Waals surface area contributed by atoms with E-state index in [0.29, 0.717) is 18.4 Å². The highest BCUT2D eigenvalue weighted by molar-refractivity contribution is 5.88. The first-order valence-corrected chi connectivity index (χ1v) is 6.68. The summed E-state index contributed by atoms with van der Waals surface area (Å²) < 4.78 is 70.9. The topological polar surface area (TPSA) is 26.3 Å². The molecule has 0 atom stereocenters. The minimum atomic E-state index is -2.30. The van der Waals surface area contributed by atoms with Crippen LogP contribution < -0.4 is 4.74 Å². The van der Waals surface area contributed by atoms with Gasteiger partial charge in [-0.2, -0.15) is 8.78 Å². The van der Waals surface area contributed by atoms with Gasteiger partial charge in [0.05, 0.1) is 5.41 Å². The molecule has 3 rings (SSSR count). The summed E-state index contributed by atoms with van der Waals surface area (Å²) in [4.78, 5) is 12.2. The van der Waals surface area contributed by atoms with E-state index in [1.54, 1.807) is 30.3 Å². The Balaban J connectivity index is 1.96. The maximum absolute atomic E-state index is 13.6. The Morgan fingerprint density at radius 1 is 0.826 bits per heavy atom. The molecule has 120 valence electrons. The molecule has 2 aromatic carbocycles. The fraction of sp³-hybridized carbons (Fsp3) is 0.188. The Morgan fingerprint density at radius 2 is 1.30 bits per heavy atom. The van der Waals surface area contributed by atoms with Crippen LogP contribution in [0.5, 0.6) is 5.75 Å². The second-order valence-corrected chi connectivity index (χ2v) is 5.24. The summed E-state index contributed by atoms with van der Waals surface area (Å²) in [6.45, 7) is 0. The first-order chi connectivity index (χ1) is 10.9. The third-order valence-electron chi connectivity index (χ3n) is 3.83. The van der Waals surface area contributed by atoms with Gasteiger partial charge in [-0.05, 0) is 18.4 Å². The number of esters is 1. The van der Waals surface area contributed by atoms with Crippen molar-refractivity contribution in [3.63, 3.8) is 0 Å². The fourth-order valence-electron chi connectivity index (χ4n) is 2.36. The summed E-state index contributed by atoms with van der Waals surface area (Å²) in [5.74, 6) is -13.6. The molecule has 1 fully saturated rings. The fourth-order valence-corrected chi connectivity index (χ4v) is 2.36. The van der Waals surface area contributed by atoms with Gasteiger partial charge in [0.15, 0.2) is 0 Å². The van der Waals surface area contributed by atoms with Crippen molar-refractivity contribution in [1.82, 2.24) is 0 Å². The Kier molecular flexibility index (Phi) is 3.58. The van der Waals surface area contributed by atoms with E-state index in [2.05, 4.69) is 4.74 Å². The molecule has 23 heavy (non-hydrogen) atoms. The van der Waals surface area contributed by atoms with E-state index in [1.807, 2.05) is 0 Å². The number of hydrogen-bond donors (Lipinski definition) is 0. The van der Waals surface area contributed by atoms with Crippen LogP contribution in [0.2, 0.25) is 0 Å². The molecular formula is C16H9F5O2. The van der Waals surface area contributed by atoms with E-state index in [4.69, 9.17) is 0 Å². The minimum absolute atomic E-state index is 0.366. The molecule has 0 saturated heterocycles. The van der Waals surface area contributed by atoms with Crippen LogP contribution in [0.25, 0.3) is 0 Å². The van der Waals surface area contributed by atoms with E-state index in [0.717, 1.165) is 0 Å². The number of hydrogen-bond acceptors (Lipinski definition) is 2. The van der Waals surface area contributed by atoms with Gasteiger partial charge in [0.25, 0.3) is 0 Å². The van der Waals surface area contributed by atoms with Gasteiger partial charge in [-0.25, -0.2) is 13.2 Å². The van der Waals surface area contributed by atoms with Crippen LogP contribution >= 0.6 is 0 Å². The van der Waals surface area contributed by atoms with Crippen molar-refractivity contribution in [2.24, 2.45) is 0 Å². The standard InChI is InChI=1S/C16H9F5O2/c17-9-10(18)12(20)14(13(21)11(9)19)23-15(22)16(6-7-16)8-4-2-1-3-5-8/h1-5H,6-7H2. The average Bonchev–Trinajstić information content (AvgIpc) is 3.38. The van der Waals surface area contributed by atoms with Crippen LogP contribution in [0.4, 0.5) is 22.0 Å². The molecule has 1 aliphatic rings. The van der Waals surface area contributed by atoms with Crippen LogP contribution in [0.3, 0.4) is 0 Å². The number of carbonyl (C=O) groups excluding carboxylic acids is 1. The number of carbonyl (C=O) groups is 1. The molecule has 2 aromatic rings. The molecule has 0 heterocycles. The van der Waals surface area contributed by atoms with Crippen LogP contribution in [0.1, 0.15) is 18.4 Å². The largest absolute Gasteiger partial charge is 0.419 e. The van der Waals surface area contributed by atoms with E-state index in [9.17, 15) is 26.7 Å². The molecule has 0 N–H and O–H groups in total. The normalized spacial score (nSPS) is 15.3. The molecule has 0 aromatic heterocycles. The third-order valence-corrected chi connectivity index (χ3v) is 3.83. The third kappa shape index (κ3) is 2.36. The Hall–Kier alpha value is -2.44. The molecule has 0 spiro atoms. The van der Waals surface area contributed by atoms with E-state index in [1.165, 1.54) is 0 Å². The summed E-state index contributed by atoms with van der Waals surface area (Å²) in [5.41, 5.74) is -0.546. The number of halogens is 5. The lowest BCUT2D eigenvalue weighted by atomic mass is 9.96. The summed E-state index contributed by atoms with van der Waals surface area (Å²) in [6.07, 6.45) is 0.733. The highest BCUT2D eigenvalue weighted by Gasteiger charge is 2.53. The summed E-state index contributed by atoms with van der Waals surface area (Å²) in [5, 5.41) is 0. The lowest BCUT2D eigenvalue weighted by Crippen LogP contribution is -2.27. The number of benzene rings is 2. The Morgan fingerprint density at radius 3 is 1.78 bits per heavy atom. The molecule has 1 aliphatic carbocycles. The maximum atomic E-state index is 13.6. The summed E-state index contributed by atoms with van der Waals surface area (Å²) >= 11 is 0. The molecule has 0 bridgehead atoms. The van der Waals surface area contributed by atoms with Crippen LogP contribution in [0.15, 0.2) is 30.3 Å². The van der Waals surface area contributed by atoms with Crippen molar-refractivity contribution in [3.8, 4) is 5.75 Å². The SMILES string of the molecule is O=C(Oc1c(F)c(F)c(F)c(F)c1F)C1(c2ccccc2)CC1. The van der Waals surface area contributed by atoms with Gasteiger partial charge in [0, 0.05) is 0 Å². The van der Waals surface area contributed by atoms with Gasteiger partial charge in [0.1, 0.15) is 0 Å². The van der Waals surface area contributed by atoms with Crippen molar-refractivity contribution in [1.29, 1.82) is 0 Å². The van der Waals surface area contributed by atoms with Gasteiger partial charge in [-0.1, -0.05) is 30.3 Å². The van der Waals surface area contributed by atoms with E-state index < -0.39 is 46.2 Å². The molecule has 0 radical (unpaired) electrons. The number of ether oxygens (including phenoxy) is 1. The number of rotatable bonds is 3. The predicted octanol–water partition coefficient (Wildman–Crippen LogP) is 4.02. The second-order valence-electron chi connectivity index (χ2n) is 5.24. The Bertz CT molecular complexity index is 756. The maximum Gasteiger partial charge on any atom is 0.322 e. The van der Waals surface area contributed by atoms with Gasteiger partial charge in [-0.3, -0.25) is 4.79 Å². The second kappa shape index (κ2) is 5.33. The molecule has 0 aliphatic heterocycles. The highest BCUT2D eigenvalue weighted by Crippen LogP contribution is 2.49. The molecule has 0 amide bonds. The first-order valence-electron chi connectivity index (χ1n) is 6.68. The molecule has 2 nitrogen and oxygen atoms in total. The monoisotopic (exact) mass is 328 g/mol. The molecule has 1 saturated carbocycles. The molecular weight excluding hydrogens is 319 g/mol. The van der Waals surface area contributed by atoms with E-state index in [-0.39, 0.29) is 0 Å². The zero-order chi connectivity index (χ0) is 16.8. The highest BCUT2D eigenvalue weighted by atomic mass is 19.2. The lowest BCUT2D eigenvalue weighted by Gasteiger charge is -2.15. The Labute approximate surface area is 127 Å². The van der Waals surface area contributed by atoms with Crippen molar-refractivity contribution in [2.45, 2.75) is 18.3 Å². The molecule has 7 heteroatoms. The zero-order valence-corrected chi connectivity index (χ0v) is 11.5. The van der Waals surface area contributed by atoms with Gasteiger partial charge in [-0.15, -0.1) is 0 Å². The van der Waals surface area contributed by atoms with Gasteiger partial charge < -0.3 is 4.74 Å². The van der Waals surface area contributed by atoms with Crippen LogP contribution in [-0.2, 0) is 10.2 Å². The smallest absolute Gasteiger partial charge is 0.322 e. The van der Waals surface area contributed by atoms with Gasteiger partial charge >= 0.3 is 5.97 Å². The minimum Gasteiger partial charge on any atom is -0.419 e. The zero-order valence-electron chi connectivity index (χ0n) is 11.5. The van der Waals surface area contributed by atoms with E-state index >= 15 is 0 Å². The van der Waals surface area contributed by atoms with Crippen LogP contribution in [-0.4, -0.2) is 5.97 Å². The molecule has 0 unspecified atom stereocenters. The summed E-state index contributed by atoms with van der Waals surface area (Å²) in [7, 11) is 0. The average molecular weight is 328 g/mol. The first kappa shape index (κ1) is 15.5. The lowest BCUT2D eigenvalue weighted by molar-refractivity contribution is -0.137. The van der Waals surface area contributed by atoms with Crippen LogP contribution in [0, 0.1) is 29.1 Å². The van der Waals surface area contributed by atoms with Crippen molar-refractivity contribution in [3.05, 3.63) is 65.0 Å². The quantitative estimate of drug-likeness (QED) is 0.280. The van der Waals surface area contributed by atoms with Gasteiger partial charge in [0.2, 0.25) is 34.8 Å². The predicted molar refractivity (Wildman–Crippen MR) is 69.2 cm³/mol. The van der Waals surface area contributed by atoms with Crippen molar-refractivity contribution in [2.75, 3.05) is 0 Å².